The Bertz CT molecular complexity index is 1170. The third-order valence-electron chi connectivity index (χ3n) is 8.27. The Balaban J connectivity index is 1.25. The molecule has 38 heavy (non-hydrogen) atoms. The van der Waals surface area contributed by atoms with Gasteiger partial charge in [-0.1, -0.05) is 48.7 Å². The number of hydrogen-bond acceptors (Lipinski definition) is 4. The summed E-state index contributed by atoms with van der Waals surface area (Å²) in [5.74, 6) is 0.109. The molecule has 1 aliphatic carbocycles. The molecule has 3 aliphatic rings. The second kappa shape index (κ2) is 12.5. The first kappa shape index (κ1) is 27.0. The van der Waals surface area contributed by atoms with Gasteiger partial charge in [0.2, 0.25) is 0 Å². The summed E-state index contributed by atoms with van der Waals surface area (Å²) in [7, 11) is 0. The van der Waals surface area contributed by atoms with Crippen molar-refractivity contribution in [2.24, 2.45) is 0 Å². The zero-order valence-corrected chi connectivity index (χ0v) is 23.7. The molecule has 0 spiro atoms. The highest BCUT2D eigenvalue weighted by Gasteiger charge is 2.40. The van der Waals surface area contributed by atoms with E-state index in [1.54, 1.807) is 11.8 Å². The summed E-state index contributed by atoms with van der Waals surface area (Å²) in [5, 5.41) is 3.50. The molecule has 202 valence electrons. The molecule has 0 bridgehead atoms. The highest BCUT2D eigenvalue weighted by Crippen LogP contribution is 2.43. The molecule has 5 nitrogen and oxygen atoms in total. The smallest absolute Gasteiger partial charge is 0.260 e. The fraction of sp³-hybridized carbons (Fsp3) is 0.500. The third-order valence-corrected chi connectivity index (χ3v) is 9.67. The molecular weight excluding hydrogens is 490 g/mol. The summed E-state index contributed by atoms with van der Waals surface area (Å²) in [4.78, 5) is 31.8. The first-order valence-electron chi connectivity index (χ1n) is 14.3. The average molecular weight is 532 g/mol. The van der Waals surface area contributed by atoms with Gasteiger partial charge in [-0.25, -0.2) is 0 Å². The molecule has 5 rings (SSSR count). The molecule has 6 heteroatoms. The minimum Gasteiger partial charge on any atom is -0.352 e. The van der Waals surface area contributed by atoms with E-state index in [4.69, 9.17) is 0 Å². The lowest BCUT2D eigenvalue weighted by atomic mass is 9.92. The average Bonchev–Trinajstić information content (AvgIpc) is 3.45. The summed E-state index contributed by atoms with van der Waals surface area (Å²) in [5.41, 5.74) is 5.34. The Morgan fingerprint density at radius 1 is 1.03 bits per heavy atom. The fourth-order valence-electron chi connectivity index (χ4n) is 6.01. The molecule has 1 N–H and O–H groups in total. The van der Waals surface area contributed by atoms with Crippen LogP contribution in [0.5, 0.6) is 0 Å². The van der Waals surface area contributed by atoms with E-state index in [1.807, 2.05) is 30.3 Å². The Hall–Kier alpha value is -2.57. The normalized spacial score (nSPS) is 23.1. The van der Waals surface area contributed by atoms with E-state index >= 15 is 0 Å². The zero-order chi connectivity index (χ0) is 26.5. The predicted octanol–water partition coefficient (Wildman–Crippen LogP) is 5.95. The van der Waals surface area contributed by atoms with E-state index in [-0.39, 0.29) is 11.8 Å². The summed E-state index contributed by atoms with van der Waals surface area (Å²) in [6, 6.07) is 14.5. The van der Waals surface area contributed by atoms with Gasteiger partial charge in [-0.05, 0) is 100 Å². The van der Waals surface area contributed by atoms with Crippen molar-refractivity contribution in [3.05, 3.63) is 75.2 Å². The number of amides is 2. The van der Waals surface area contributed by atoms with Crippen molar-refractivity contribution < 1.29 is 9.59 Å². The molecule has 0 aromatic heterocycles. The van der Waals surface area contributed by atoms with Gasteiger partial charge in [-0.2, -0.15) is 0 Å². The van der Waals surface area contributed by atoms with Crippen LogP contribution in [0.1, 0.15) is 77.6 Å². The van der Waals surface area contributed by atoms with Crippen LogP contribution in [0, 0.1) is 13.8 Å². The van der Waals surface area contributed by atoms with E-state index in [9.17, 15) is 9.59 Å². The second-order valence-corrected chi connectivity index (χ2v) is 12.4. The molecular formula is C32H41N3O2S. The number of carbonyl (C=O) groups is 2. The molecule has 1 saturated carbocycles. The maximum Gasteiger partial charge on any atom is 0.260 e. The quantitative estimate of drug-likeness (QED) is 0.338. The number of likely N-dealkylation sites (tertiary alicyclic amines) is 1. The van der Waals surface area contributed by atoms with Gasteiger partial charge < -0.3 is 15.1 Å². The molecule has 2 aliphatic heterocycles. The maximum atomic E-state index is 13.8. The third kappa shape index (κ3) is 6.52. The number of thioether (sulfide) groups is 1. The fourth-order valence-corrected chi connectivity index (χ4v) is 7.48. The van der Waals surface area contributed by atoms with Crippen molar-refractivity contribution in [2.75, 3.05) is 26.2 Å². The van der Waals surface area contributed by atoms with Gasteiger partial charge >= 0.3 is 0 Å². The van der Waals surface area contributed by atoms with Crippen molar-refractivity contribution in [1.82, 2.24) is 15.1 Å². The molecule has 2 aromatic carbocycles. The first-order valence-corrected chi connectivity index (χ1v) is 15.2. The van der Waals surface area contributed by atoms with Gasteiger partial charge in [0.05, 0.1) is 4.91 Å². The maximum absolute atomic E-state index is 13.8. The number of aryl methyl sites for hydroxylation is 2. The number of benzene rings is 2. The number of carbonyl (C=O) groups excluding carboxylic acids is 2. The van der Waals surface area contributed by atoms with Crippen LogP contribution in [0.3, 0.4) is 0 Å². The van der Waals surface area contributed by atoms with E-state index in [1.165, 1.54) is 55.5 Å². The van der Waals surface area contributed by atoms with Gasteiger partial charge in [0, 0.05) is 29.9 Å². The lowest BCUT2D eigenvalue weighted by Crippen LogP contribution is -2.50. The van der Waals surface area contributed by atoms with Gasteiger partial charge in [0.25, 0.3) is 11.8 Å². The number of fused-ring (bicyclic) bond motifs is 1. The summed E-state index contributed by atoms with van der Waals surface area (Å²) < 4.78 is 0. The van der Waals surface area contributed by atoms with Crippen LogP contribution in [0.2, 0.25) is 0 Å². The van der Waals surface area contributed by atoms with Crippen LogP contribution in [0.25, 0.3) is 6.08 Å². The number of nitrogens with one attached hydrogen (secondary N) is 1. The standard InChI is InChI=1S/C32H41N3O2S/c1-23-10-11-24(2)27(20-23)22-35-28-8-3-4-9-29(28)38-30(32(35)37)21-25-12-14-26(15-13-25)31(36)33-16-7-19-34-17-5-6-18-34/h10-15,20-21,28-29H,3-9,16-19,22H2,1-2H3,(H,33,36)/b30-21-. The minimum atomic E-state index is -0.0292. The van der Waals surface area contributed by atoms with Crippen molar-refractivity contribution in [3.8, 4) is 0 Å². The molecule has 2 saturated heterocycles. The topological polar surface area (TPSA) is 52.7 Å². The Kier molecular flexibility index (Phi) is 8.90. The SMILES string of the molecule is Cc1ccc(C)c(CN2C(=O)/C(=C/c3ccc(C(=O)NCCCN4CCCC4)cc3)SC3CCCCC32)c1. The molecule has 2 aromatic rings. The molecule has 2 heterocycles. The van der Waals surface area contributed by atoms with Crippen LogP contribution in [-0.2, 0) is 11.3 Å². The highest BCUT2D eigenvalue weighted by atomic mass is 32.2. The number of nitrogens with zero attached hydrogens (tertiary/aromatic N) is 2. The molecule has 0 radical (unpaired) electrons. The van der Waals surface area contributed by atoms with E-state index in [0.717, 1.165) is 36.3 Å². The van der Waals surface area contributed by atoms with Crippen LogP contribution in [0.15, 0.2) is 47.4 Å². The minimum absolute atomic E-state index is 0.0292. The predicted molar refractivity (Wildman–Crippen MR) is 157 cm³/mol. The monoisotopic (exact) mass is 531 g/mol. The van der Waals surface area contributed by atoms with Crippen LogP contribution >= 0.6 is 11.8 Å². The van der Waals surface area contributed by atoms with Gasteiger partial charge in [-0.15, -0.1) is 11.8 Å². The first-order chi connectivity index (χ1) is 18.5. The highest BCUT2D eigenvalue weighted by molar-refractivity contribution is 8.04. The van der Waals surface area contributed by atoms with Crippen molar-refractivity contribution >= 4 is 29.7 Å². The largest absolute Gasteiger partial charge is 0.352 e. The number of rotatable bonds is 8. The molecule has 3 fully saturated rings. The van der Waals surface area contributed by atoms with Crippen molar-refractivity contribution in [1.29, 1.82) is 0 Å². The second-order valence-electron chi connectivity index (χ2n) is 11.2. The van der Waals surface area contributed by atoms with Crippen LogP contribution in [0.4, 0.5) is 0 Å². The van der Waals surface area contributed by atoms with Crippen LogP contribution < -0.4 is 5.32 Å². The Morgan fingerprint density at radius 3 is 2.58 bits per heavy atom. The summed E-state index contributed by atoms with van der Waals surface area (Å²) >= 11 is 1.76. The molecule has 2 amide bonds. The molecule has 2 atom stereocenters. The summed E-state index contributed by atoms with van der Waals surface area (Å²) in [6.07, 6.45) is 10.3. The number of hydrogen-bond donors (Lipinski definition) is 1. The van der Waals surface area contributed by atoms with E-state index in [2.05, 4.69) is 47.2 Å². The Morgan fingerprint density at radius 2 is 1.79 bits per heavy atom. The van der Waals surface area contributed by atoms with Gasteiger partial charge in [0.1, 0.15) is 0 Å². The van der Waals surface area contributed by atoms with E-state index < -0.39 is 0 Å². The van der Waals surface area contributed by atoms with Gasteiger partial charge in [-0.3, -0.25) is 9.59 Å². The molecule has 2 unspecified atom stereocenters. The van der Waals surface area contributed by atoms with Gasteiger partial charge in [0.15, 0.2) is 0 Å². The lowest BCUT2D eigenvalue weighted by Gasteiger charge is -2.44. The van der Waals surface area contributed by atoms with Crippen LogP contribution in [-0.4, -0.2) is 59.1 Å². The van der Waals surface area contributed by atoms with E-state index in [0.29, 0.717) is 29.9 Å². The van der Waals surface area contributed by atoms with Crippen molar-refractivity contribution in [3.63, 3.8) is 0 Å². The zero-order valence-electron chi connectivity index (χ0n) is 22.9. The Labute approximate surface area is 232 Å². The summed E-state index contributed by atoms with van der Waals surface area (Å²) in [6.45, 7) is 9.06. The van der Waals surface area contributed by atoms with Crippen molar-refractivity contribution in [2.45, 2.75) is 76.6 Å². The lowest BCUT2D eigenvalue weighted by molar-refractivity contribution is -0.130.